The van der Waals surface area contributed by atoms with Crippen LogP contribution in [0.5, 0.6) is 0 Å². The number of rotatable bonds is 9. The van der Waals surface area contributed by atoms with E-state index in [1.165, 1.54) is 0 Å². The first-order chi connectivity index (χ1) is 6.27. The van der Waals surface area contributed by atoms with Crippen LogP contribution in [0.15, 0.2) is 5.18 Å². The second-order valence-corrected chi connectivity index (χ2v) is 3.12. The maximum atomic E-state index is 10.1. The van der Waals surface area contributed by atoms with Gasteiger partial charge in [-0.3, -0.25) is 4.79 Å². The average Bonchev–Trinajstić information content (AvgIpc) is 2.09. The van der Waals surface area contributed by atoms with Crippen molar-refractivity contribution in [2.45, 2.75) is 44.9 Å². The third-order valence-electron chi connectivity index (χ3n) is 1.89. The summed E-state index contributed by atoms with van der Waals surface area (Å²) in [5.41, 5.74) is 0. The highest BCUT2D eigenvalue weighted by atomic mass is 16.4. The van der Waals surface area contributed by atoms with Gasteiger partial charge in [0.25, 0.3) is 0 Å². The van der Waals surface area contributed by atoms with Gasteiger partial charge >= 0.3 is 5.97 Å². The largest absolute Gasteiger partial charge is 0.481 e. The van der Waals surface area contributed by atoms with Crippen molar-refractivity contribution in [3.63, 3.8) is 0 Å². The Morgan fingerprint density at radius 3 is 2.08 bits per heavy atom. The van der Waals surface area contributed by atoms with Crippen LogP contribution in [0.2, 0.25) is 0 Å². The average molecular weight is 187 g/mol. The minimum Gasteiger partial charge on any atom is -0.481 e. The van der Waals surface area contributed by atoms with Crippen LogP contribution in [-0.2, 0) is 4.79 Å². The summed E-state index contributed by atoms with van der Waals surface area (Å²) in [6.07, 6.45) is 6.04. The van der Waals surface area contributed by atoms with Gasteiger partial charge in [-0.15, -0.1) is 0 Å². The molecule has 0 heterocycles. The summed E-state index contributed by atoms with van der Waals surface area (Å²) >= 11 is 0. The molecule has 0 aromatic carbocycles. The Morgan fingerprint density at radius 1 is 1.00 bits per heavy atom. The third-order valence-corrected chi connectivity index (χ3v) is 1.89. The number of carboxylic acids is 1. The van der Waals surface area contributed by atoms with Gasteiger partial charge in [0.2, 0.25) is 0 Å². The number of aliphatic carboxylic acids is 1. The van der Waals surface area contributed by atoms with Crippen molar-refractivity contribution < 1.29 is 9.90 Å². The van der Waals surface area contributed by atoms with Gasteiger partial charge in [0, 0.05) is 6.42 Å². The van der Waals surface area contributed by atoms with Crippen molar-refractivity contribution in [1.82, 2.24) is 0 Å². The second-order valence-electron chi connectivity index (χ2n) is 3.12. The molecule has 13 heavy (non-hydrogen) atoms. The van der Waals surface area contributed by atoms with Gasteiger partial charge in [0.15, 0.2) is 0 Å². The van der Waals surface area contributed by atoms with Crippen LogP contribution < -0.4 is 0 Å². The molecule has 4 heteroatoms. The van der Waals surface area contributed by atoms with E-state index in [9.17, 15) is 9.70 Å². The predicted octanol–water partition coefficient (Wildman–Crippen LogP) is 2.57. The van der Waals surface area contributed by atoms with Gasteiger partial charge in [-0.05, 0) is 12.8 Å². The quantitative estimate of drug-likeness (QED) is 0.445. The smallest absolute Gasteiger partial charge is 0.303 e. The van der Waals surface area contributed by atoms with E-state index in [1.807, 2.05) is 0 Å². The highest BCUT2D eigenvalue weighted by Crippen LogP contribution is 2.06. The van der Waals surface area contributed by atoms with Gasteiger partial charge in [-0.2, -0.15) is 4.91 Å². The lowest BCUT2D eigenvalue weighted by Crippen LogP contribution is -1.93. The van der Waals surface area contributed by atoms with Crippen LogP contribution in [0.4, 0.5) is 0 Å². The molecule has 0 fully saturated rings. The number of carbonyl (C=O) groups is 1. The Labute approximate surface area is 78.3 Å². The summed E-state index contributed by atoms with van der Waals surface area (Å²) in [5, 5.41) is 11.1. The van der Waals surface area contributed by atoms with Crippen LogP contribution in [0.1, 0.15) is 44.9 Å². The van der Waals surface area contributed by atoms with Crippen molar-refractivity contribution in [2.75, 3.05) is 6.54 Å². The first kappa shape index (κ1) is 12.1. The zero-order chi connectivity index (χ0) is 9.94. The van der Waals surface area contributed by atoms with Crippen molar-refractivity contribution in [3.05, 3.63) is 4.91 Å². The molecule has 0 bridgehead atoms. The zero-order valence-corrected chi connectivity index (χ0v) is 7.87. The number of unbranched alkanes of at least 4 members (excludes halogenated alkanes) is 5. The number of nitroso groups, excluding NO2 is 1. The van der Waals surface area contributed by atoms with E-state index >= 15 is 0 Å². The van der Waals surface area contributed by atoms with Crippen LogP contribution in [-0.4, -0.2) is 17.6 Å². The van der Waals surface area contributed by atoms with E-state index in [0.717, 1.165) is 38.5 Å². The summed E-state index contributed by atoms with van der Waals surface area (Å²) in [5.74, 6) is -0.717. The van der Waals surface area contributed by atoms with Crippen LogP contribution in [0, 0.1) is 4.91 Å². The molecule has 0 aromatic rings. The van der Waals surface area contributed by atoms with E-state index < -0.39 is 5.97 Å². The zero-order valence-electron chi connectivity index (χ0n) is 7.87. The maximum Gasteiger partial charge on any atom is 0.303 e. The first-order valence-corrected chi connectivity index (χ1v) is 4.78. The van der Waals surface area contributed by atoms with E-state index in [-0.39, 0.29) is 6.42 Å². The SMILES string of the molecule is O=NCCCCCCCCC(=O)O. The van der Waals surface area contributed by atoms with Crippen molar-refractivity contribution in [1.29, 1.82) is 0 Å². The molecule has 0 aliphatic rings. The van der Waals surface area contributed by atoms with E-state index in [4.69, 9.17) is 5.11 Å². The summed E-state index contributed by atoms with van der Waals surface area (Å²) in [7, 11) is 0. The highest BCUT2D eigenvalue weighted by Gasteiger charge is 1.96. The topological polar surface area (TPSA) is 66.7 Å². The van der Waals surface area contributed by atoms with Crippen LogP contribution in [0.25, 0.3) is 0 Å². The van der Waals surface area contributed by atoms with Gasteiger partial charge in [-0.25, -0.2) is 0 Å². The molecule has 0 saturated heterocycles. The Bertz CT molecular complexity index is 148. The molecule has 0 aromatic heterocycles. The third kappa shape index (κ3) is 11.1. The van der Waals surface area contributed by atoms with Gasteiger partial charge < -0.3 is 5.11 Å². The molecule has 1 N–H and O–H groups in total. The van der Waals surface area contributed by atoms with Crippen molar-refractivity contribution >= 4 is 5.97 Å². The van der Waals surface area contributed by atoms with Crippen LogP contribution in [0.3, 0.4) is 0 Å². The molecular weight excluding hydrogens is 170 g/mol. The van der Waals surface area contributed by atoms with E-state index in [1.54, 1.807) is 0 Å². The standard InChI is InChI=1S/C9H17NO3/c11-9(12)7-5-3-1-2-4-6-8-10-13/h1-8H2,(H,11,12). The molecule has 4 nitrogen and oxygen atoms in total. The molecular formula is C9H17NO3. The number of hydrogen-bond acceptors (Lipinski definition) is 3. The Kier molecular flexibility index (Phi) is 8.51. The van der Waals surface area contributed by atoms with E-state index in [2.05, 4.69) is 5.18 Å². The molecule has 0 atom stereocenters. The van der Waals surface area contributed by atoms with Gasteiger partial charge in [-0.1, -0.05) is 30.9 Å². The van der Waals surface area contributed by atoms with Crippen LogP contribution >= 0.6 is 0 Å². The fourth-order valence-electron chi connectivity index (χ4n) is 1.16. The molecule has 0 rings (SSSR count). The molecule has 76 valence electrons. The minimum absolute atomic E-state index is 0.274. The summed E-state index contributed by atoms with van der Waals surface area (Å²) in [4.78, 5) is 19.8. The molecule has 0 saturated carbocycles. The number of nitrogens with zero attached hydrogens (tertiary/aromatic N) is 1. The number of carboxylic acid groups (broad SMARTS) is 1. The Hall–Kier alpha value is -0.930. The van der Waals surface area contributed by atoms with Gasteiger partial charge in [0.05, 0.1) is 6.54 Å². The molecule has 0 aliphatic carbocycles. The molecule has 0 aliphatic heterocycles. The molecule has 0 spiro atoms. The Morgan fingerprint density at radius 2 is 1.54 bits per heavy atom. The summed E-state index contributed by atoms with van der Waals surface area (Å²) in [6, 6.07) is 0. The molecule has 0 amide bonds. The Balaban J connectivity index is 2.91. The fourth-order valence-corrected chi connectivity index (χ4v) is 1.16. The lowest BCUT2D eigenvalue weighted by Gasteiger charge is -1.97. The normalized spacial score (nSPS) is 9.85. The number of hydrogen-bond donors (Lipinski definition) is 1. The van der Waals surface area contributed by atoms with Gasteiger partial charge in [0.1, 0.15) is 0 Å². The lowest BCUT2D eigenvalue weighted by atomic mass is 10.1. The summed E-state index contributed by atoms with van der Waals surface area (Å²) in [6.45, 7) is 0.412. The fraction of sp³-hybridized carbons (Fsp3) is 0.889. The molecule has 0 unspecified atom stereocenters. The molecule has 0 radical (unpaired) electrons. The highest BCUT2D eigenvalue weighted by molar-refractivity contribution is 5.66. The summed E-state index contributed by atoms with van der Waals surface area (Å²) < 4.78 is 0. The lowest BCUT2D eigenvalue weighted by molar-refractivity contribution is -0.137. The second kappa shape index (κ2) is 9.16. The van der Waals surface area contributed by atoms with Crippen molar-refractivity contribution in [3.8, 4) is 0 Å². The predicted molar refractivity (Wildman–Crippen MR) is 50.6 cm³/mol. The van der Waals surface area contributed by atoms with Crippen molar-refractivity contribution in [2.24, 2.45) is 5.18 Å². The monoisotopic (exact) mass is 187 g/mol. The van der Waals surface area contributed by atoms with E-state index in [0.29, 0.717) is 6.54 Å². The first-order valence-electron chi connectivity index (χ1n) is 4.78. The minimum atomic E-state index is -0.717. The maximum absolute atomic E-state index is 10.1.